The van der Waals surface area contributed by atoms with E-state index < -0.39 is 0 Å². The Bertz CT molecular complexity index is 858. The lowest BCUT2D eigenvalue weighted by molar-refractivity contribution is 0.606. The summed E-state index contributed by atoms with van der Waals surface area (Å²) in [6.07, 6.45) is 6.05. The van der Waals surface area contributed by atoms with Crippen molar-refractivity contribution in [2.75, 3.05) is 13.6 Å². The molecule has 0 aliphatic heterocycles. The van der Waals surface area contributed by atoms with Crippen molar-refractivity contribution in [1.82, 2.24) is 20.2 Å². The molecule has 0 amide bonds. The van der Waals surface area contributed by atoms with Gasteiger partial charge in [0.15, 0.2) is 5.96 Å². The van der Waals surface area contributed by atoms with Gasteiger partial charge in [0.05, 0.1) is 12.0 Å². The summed E-state index contributed by atoms with van der Waals surface area (Å²) < 4.78 is 15.6. The summed E-state index contributed by atoms with van der Waals surface area (Å²) in [6, 6.07) is 14.9. The molecule has 0 saturated carbocycles. The van der Waals surface area contributed by atoms with Gasteiger partial charge in [-0.25, -0.2) is 9.37 Å². The molecule has 2 N–H and O–H groups in total. The first-order valence-corrected chi connectivity index (χ1v) is 8.52. The van der Waals surface area contributed by atoms with E-state index in [1.807, 2.05) is 35.0 Å². The summed E-state index contributed by atoms with van der Waals surface area (Å²) in [4.78, 5) is 8.33. The van der Waals surface area contributed by atoms with Crippen LogP contribution in [0.5, 0.6) is 0 Å². The van der Waals surface area contributed by atoms with Crippen molar-refractivity contribution in [3.8, 4) is 5.69 Å². The zero-order valence-electron chi connectivity index (χ0n) is 14.7. The van der Waals surface area contributed by atoms with E-state index in [2.05, 4.69) is 26.7 Å². The van der Waals surface area contributed by atoms with Gasteiger partial charge in [-0.1, -0.05) is 36.4 Å². The molecular formula is C20H22FN5. The lowest BCUT2D eigenvalue weighted by Gasteiger charge is -2.14. The normalized spacial score (nSPS) is 11.4. The molecule has 6 heteroatoms. The molecule has 0 atom stereocenters. The maximum absolute atomic E-state index is 13.7. The molecule has 0 fully saturated rings. The van der Waals surface area contributed by atoms with E-state index in [4.69, 9.17) is 0 Å². The molecular weight excluding hydrogens is 329 g/mol. The molecule has 5 nitrogen and oxygen atoms in total. The average molecular weight is 351 g/mol. The number of nitrogens with zero attached hydrogens (tertiary/aromatic N) is 3. The molecule has 2 aromatic carbocycles. The Kier molecular flexibility index (Phi) is 5.98. The second-order valence-corrected chi connectivity index (χ2v) is 5.79. The van der Waals surface area contributed by atoms with Crippen LogP contribution in [0.15, 0.2) is 72.2 Å². The third kappa shape index (κ3) is 4.47. The van der Waals surface area contributed by atoms with Crippen molar-refractivity contribution in [3.63, 3.8) is 0 Å². The van der Waals surface area contributed by atoms with Crippen LogP contribution >= 0.6 is 0 Å². The lowest BCUT2D eigenvalue weighted by atomic mass is 10.1. The first-order valence-electron chi connectivity index (χ1n) is 8.52. The molecule has 0 saturated heterocycles. The maximum atomic E-state index is 13.7. The van der Waals surface area contributed by atoms with Gasteiger partial charge in [-0.15, -0.1) is 0 Å². The topological polar surface area (TPSA) is 54.2 Å². The van der Waals surface area contributed by atoms with E-state index in [9.17, 15) is 4.39 Å². The van der Waals surface area contributed by atoms with Gasteiger partial charge in [0, 0.05) is 32.5 Å². The predicted molar refractivity (Wildman–Crippen MR) is 102 cm³/mol. The number of guanidine groups is 1. The first-order chi connectivity index (χ1) is 12.8. The third-order valence-electron chi connectivity index (χ3n) is 4.09. The fourth-order valence-electron chi connectivity index (χ4n) is 2.73. The number of aliphatic imine (C=N–C) groups is 1. The summed E-state index contributed by atoms with van der Waals surface area (Å²) in [5, 5.41) is 6.52. The van der Waals surface area contributed by atoms with Crippen LogP contribution in [0, 0.1) is 5.82 Å². The Morgan fingerprint density at radius 2 is 1.85 bits per heavy atom. The Morgan fingerprint density at radius 3 is 2.58 bits per heavy atom. The van der Waals surface area contributed by atoms with Gasteiger partial charge < -0.3 is 15.2 Å². The van der Waals surface area contributed by atoms with E-state index >= 15 is 0 Å². The first kappa shape index (κ1) is 17.7. The number of nitrogens with one attached hydrogen (secondary N) is 2. The van der Waals surface area contributed by atoms with Gasteiger partial charge in [0.1, 0.15) is 5.82 Å². The van der Waals surface area contributed by atoms with E-state index in [1.54, 1.807) is 31.7 Å². The van der Waals surface area contributed by atoms with Gasteiger partial charge in [-0.2, -0.15) is 0 Å². The van der Waals surface area contributed by atoms with Crippen molar-refractivity contribution in [1.29, 1.82) is 0 Å². The van der Waals surface area contributed by atoms with Crippen LogP contribution in [0.4, 0.5) is 4.39 Å². The van der Waals surface area contributed by atoms with Crippen LogP contribution < -0.4 is 10.6 Å². The molecule has 0 spiro atoms. The molecule has 26 heavy (non-hydrogen) atoms. The summed E-state index contributed by atoms with van der Waals surface area (Å²) in [5.74, 6) is 0.508. The van der Waals surface area contributed by atoms with Crippen LogP contribution in [0.1, 0.15) is 11.1 Å². The van der Waals surface area contributed by atoms with Crippen LogP contribution in [-0.4, -0.2) is 29.1 Å². The zero-order chi connectivity index (χ0) is 18.2. The number of hydrogen-bond acceptors (Lipinski definition) is 2. The highest BCUT2D eigenvalue weighted by atomic mass is 19.1. The number of imidazole rings is 1. The minimum Gasteiger partial charge on any atom is -0.356 e. The summed E-state index contributed by atoms with van der Waals surface area (Å²) in [7, 11) is 1.72. The number of hydrogen-bond donors (Lipinski definition) is 2. The van der Waals surface area contributed by atoms with Crippen LogP contribution in [0.25, 0.3) is 5.69 Å². The van der Waals surface area contributed by atoms with Gasteiger partial charge in [-0.3, -0.25) is 4.99 Å². The number of halogens is 1. The predicted octanol–water partition coefficient (Wildman–Crippen LogP) is 2.92. The smallest absolute Gasteiger partial charge is 0.191 e. The number of para-hydroxylation sites is 1. The van der Waals surface area contributed by atoms with Crippen LogP contribution in [0.2, 0.25) is 0 Å². The fourth-order valence-corrected chi connectivity index (χ4v) is 2.73. The fraction of sp³-hybridized carbons (Fsp3) is 0.200. The van der Waals surface area contributed by atoms with E-state index in [1.165, 1.54) is 6.07 Å². The summed E-state index contributed by atoms with van der Waals surface area (Å²) in [6.45, 7) is 1.22. The second-order valence-electron chi connectivity index (χ2n) is 5.79. The molecule has 1 heterocycles. The molecule has 0 unspecified atom stereocenters. The monoisotopic (exact) mass is 351 g/mol. The largest absolute Gasteiger partial charge is 0.356 e. The van der Waals surface area contributed by atoms with Crippen molar-refractivity contribution in [3.05, 3.63) is 84.2 Å². The highest BCUT2D eigenvalue weighted by Crippen LogP contribution is 2.13. The van der Waals surface area contributed by atoms with Gasteiger partial charge in [-0.05, 0) is 29.7 Å². The molecule has 0 radical (unpaired) electrons. The number of benzene rings is 2. The minimum absolute atomic E-state index is 0.175. The highest BCUT2D eigenvalue weighted by molar-refractivity contribution is 5.79. The maximum Gasteiger partial charge on any atom is 0.191 e. The zero-order valence-corrected chi connectivity index (χ0v) is 14.7. The Hall–Kier alpha value is -3.15. The average Bonchev–Trinajstić information content (AvgIpc) is 3.21. The number of aromatic nitrogens is 2. The molecule has 0 aliphatic carbocycles. The Balaban J connectivity index is 1.56. The van der Waals surface area contributed by atoms with E-state index in [0.717, 1.165) is 11.3 Å². The summed E-state index contributed by atoms with van der Waals surface area (Å²) >= 11 is 0. The Morgan fingerprint density at radius 1 is 1.08 bits per heavy atom. The highest BCUT2D eigenvalue weighted by Gasteiger charge is 2.05. The lowest BCUT2D eigenvalue weighted by Crippen LogP contribution is -2.38. The molecule has 3 rings (SSSR count). The van der Waals surface area contributed by atoms with Crippen molar-refractivity contribution in [2.45, 2.75) is 13.0 Å². The van der Waals surface area contributed by atoms with Gasteiger partial charge in [0.2, 0.25) is 0 Å². The quantitative estimate of drug-likeness (QED) is 0.530. The van der Waals surface area contributed by atoms with Crippen LogP contribution in [-0.2, 0) is 13.0 Å². The van der Waals surface area contributed by atoms with Crippen molar-refractivity contribution < 1.29 is 4.39 Å². The molecule has 134 valence electrons. The molecule has 0 bridgehead atoms. The number of rotatable bonds is 6. The second kappa shape index (κ2) is 8.80. The third-order valence-corrected chi connectivity index (χ3v) is 4.09. The van der Waals surface area contributed by atoms with Gasteiger partial charge >= 0.3 is 0 Å². The van der Waals surface area contributed by atoms with Crippen molar-refractivity contribution >= 4 is 5.96 Å². The van der Waals surface area contributed by atoms with E-state index in [0.29, 0.717) is 31.0 Å². The van der Waals surface area contributed by atoms with Crippen LogP contribution in [0.3, 0.4) is 0 Å². The van der Waals surface area contributed by atoms with Gasteiger partial charge in [0.25, 0.3) is 0 Å². The van der Waals surface area contributed by atoms with E-state index in [-0.39, 0.29) is 5.82 Å². The standard InChI is InChI=1S/C20H22FN5/c1-22-20(24-11-10-16-6-2-4-8-18(16)21)25-14-17-7-3-5-9-19(17)26-13-12-23-15-26/h2-9,12-13,15H,10-11,14H2,1H3,(H2,22,24,25). The molecule has 3 aromatic rings. The Labute approximate surface area is 152 Å². The summed E-state index contributed by atoms with van der Waals surface area (Å²) in [5.41, 5.74) is 2.89. The minimum atomic E-state index is -0.175. The molecule has 1 aromatic heterocycles. The SMILES string of the molecule is CN=C(NCCc1ccccc1F)NCc1ccccc1-n1ccnc1. The molecule has 0 aliphatic rings. The van der Waals surface area contributed by atoms with Crippen molar-refractivity contribution in [2.24, 2.45) is 4.99 Å².